The van der Waals surface area contributed by atoms with Gasteiger partial charge in [-0.2, -0.15) is 8.78 Å². The molecule has 0 aliphatic rings. The molecule has 2 rings (SSSR count). The van der Waals surface area contributed by atoms with Crippen molar-refractivity contribution < 1.29 is 13.5 Å². The number of ether oxygens (including phenoxy) is 1. The van der Waals surface area contributed by atoms with E-state index in [1.165, 1.54) is 10.9 Å². The molecule has 0 saturated carbocycles. The van der Waals surface area contributed by atoms with Crippen molar-refractivity contribution in [1.29, 1.82) is 0 Å². The maximum Gasteiger partial charge on any atom is 0.387 e. The maximum atomic E-state index is 12.4. The number of hydrogen-bond donors (Lipinski definition) is 1. The Morgan fingerprint density at radius 1 is 1.21 bits per heavy atom. The summed E-state index contributed by atoms with van der Waals surface area (Å²) in [6, 6.07) is 10.1. The minimum atomic E-state index is -2.84. The zero-order chi connectivity index (χ0) is 13.8. The van der Waals surface area contributed by atoms with Gasteiger partial charge in [0.05, 0.1) is 6.04 Å². The molecule has 102 valence electrons. The first-order valence-electron chi connectivity index (χ1n) is 5.99. The van der Waals surface area contributed by atoms with E-state index in [4.69, 9.17) is 5.73 Å². The van der Waals surface area contributed by atoms with Crippen molar-refractivity contribution in [2.24, 2.45) is 5.73 Å². The van der Waals surface area contributed by atoms with Gasteiger partial charge in [-0.25, -0.2) is 0 Å². The fourth-order valence-electron chi connectivity index (χ4n) is 1.85. The predicted octanol–water partition coefficient (Wildman–Crippen LogP) is 3.96. The number of alkyl halides is 2. The van der Waals surface area contributed by atoms with Crippen LogP contribution in [-0.2, 0) is 6.42 Å². The van der Waals surface area contributed by atoms with Crippen LogP contribution in [0.3, 0.4) is 0 Å². The van der Waals surface area contributed by atoms with Gasteiger partial charge in [-0.1, -0.05) is 25.1 Å². The first kappa shape index (κ1) is 14.0. The van der Waals surface area contributed by atoms with Gasteiger partial charge in [0.15, 0.2) is 0 Å². The molecule has 2 nitrogen and oxygen atoms in total. The Morgan fingerprint density at radius 3 is 2.58 bits per heavy atom. The number of para-hydroxylation sites is 1. The van der Waals surface area contributed by atoms with Crippen molar-refractivity contribution in [2.45, 2.75) is 26.0 Å². The Labute approximate surface area is 114 Å². The first-order chi connectivity index (χ1) is 9.11. The summed E-state index contributed by atoms with van der Waals surface area (Å²) in [6.45, 7) is -0.780. The van der Waals surface area contributed by atoms with Gasteiger partial charge < -0.3 is 10.5 Å². The summed E-state index contributed by atoms with van der Waals surface area (Å²) in [5.41, 5.74) is 6.72. The molecule has 2 aromatic rings. The van der Waals surface area contributed by atoms with E-state index in [1.54, 1.807) is 29.5 Å². The lowest BCUT2D eigenvalue weighted by atomic mass is 10.1. The third kappa shape index (κ3) is 3.30. The minimum absolute atomic E-state index is 0.136. The van der Waals surface area contributed by atoms with Gasteiger partial charge in [0.25, 0.3) is 0 Å². The van der Waals surface area contributed by atoms with Crippen molar-refractivity contribution in [1.82, 2.24) is 0 Å². The average Bonchev–Trinajstić information content (AvgIpc) is 2.86. The molecule has 1 aromatic heterocycles. The average molecular weight is 283 g/mol. The highest BCUT2D eigenvalue weighted by Crippen LogP contribution is 2.32. The number of nitrogens with two attached hydrogens (primary N) is 1. The van der Waals surface area contributed by atoms with Gasteiger partial charge in [-0.15, -0.1) is 11.3 Å². The number of thiophene rings is 1. The lowest BCUT2D eigenvalue weighted by molar-refractivity contribution is -0.0505. The summed E-state index contributed by atoms with van der Waals surface area (Å²) in [4.78, 5) is 2.17. The SMILES string of the molecule is CCc1ccc(C(N)c2ccccc2OC(F)F)s1. The second kappa shape index (κ2) is 6.12. The molecule has 1 unspecified atom stereocenters. The summed E-state index contributed by atoms with van der Waals surface area (Å²) >= 11 is 1.60. The Balaban J connectivity index is 2.29. The Morgan fingerprint density at radius 2 is 1.95 bits per heavy atom. The molecule has 5 heteroatoms. The van der Waals surface area contributed by atoms with Crippen LogP contribution in [0.1, 0.15) is 28.3 Å². The number of benzene rings is 1. The van der Waals surface area contributed by atoms with E-state index < -0.39 is 12.7 Å². The van der Waals surface area contributed by atoms with Gasteiger partial charge in [-0.3, -0.25) is 0 Å². The molecule has 0 aliphatic carbocycles. The molecule has 0 bridgehead atoms. The van der Waals surface area contributed by atoms with Crippen molar-refractivity contribution in [3.8, 4) is 5.75 Å². The molecule has 1 aromatic carbocycles. The van der Waals surface area contributed by atoms with Crippen LogP contribution in [0.2, 0.25) is 0 Å². The van der Waals surface area contributed by atoms with E-state index in [1.807, 2.05) is 12.1 Å². The lowest BCUT2D eigenvalue weighted by Gasteiger charge is -2.15. The van der Waals surface area contributed by atoms with E-state index in [-0.39, 0.29) is 5.75 Å². The molecular formula is C14H15F2NOS. The van der Waals surface area contributed by atoms with Crippen molar-refractivity contribution in [3.05, 3.63) is 51.7 Å². The van der Waals surface area contributed by atoms with E-state index >= 15 is 0 Å². The fraction of sp³-hybridized carbons (Fsp3) is 0.286. The van der Waals surface area contributed by atoms with Crippen molar-refractivity contribution in [3.63, 3.8) is 0 Å². The Hall–Kier alpha value is -1.46. The molecule has 0 fully saturated rings. The van der Waals surface area contributed by atoms with E-state index in [9.17, 15) is 8.78 Å². The van der Waals surface area contributed by atoms with Crippen molar-refractivity contribution >= 4 is 11.3 Å². The number of halogens is 2. The van der Waals surface area contributed by atoms with Gasteiger partial charge in [0, 0.05) is 15.3 Å². The third-order valence-corrected chi connectivity index (χ3v) is 4.12. The van der Waals surface area contributed by atoms with Crippen LogP contribution < -0.4 is 10.5 Å². The summed E-state index contributed by atoms with van der Waals surface area (Å²) in [7, 11) is 0. The minimum Gasteiger partial charge on any atom is -0.434 e. The number of hydrogen-bond acceptors (Lipinski definition) is 3. The highest BCUT2D eigenvalue weighted by Gasteiger charge is 2.17. The number of rotatable bonds is 5. The number of aryl methyl sites for hydroxylation is 1. The lowest BCUT2D eigenvalue weighted by Crippen LogP contribution is -2.13. The summed E-state index contributed by atoms with van der Waals surface area (Å²) < 4.78 is 29.2. The van der Waals surface area contributed by atoms with Crippen LogP contribution in [-0.4, -0.2) is 6.61 Å². The fourth-order valence-corrected chi connectivity index (χ4v) is 2.82. The normalized spacial score (nSPS) is 12.7. The van der Waals surface area contributed by atoms with Crippen molar-refractivity contribution in [2.75, 3.05) is 0 Å². The smallest absolute Gasteiger partial charge is 0.387 e. The van der Waals surface area contributed by atoms with Crippen LogP contribution >= 0.6 is 11.3 Å². The van der Waals surface area contributed by atoms with Gasteiger partial charge in [0.1, 0.15) is 5.75 Å². The molecule has 0 saturated heterocycles. The predicted molar refractivity (Wildman–Crippen MR) is 72.8 cm³/mol. The molecule has 0 aliphatic heterocycles. The quantitative estimate of drug-likeness (QED) is 0.901. The molecule has 1 heterocycles. The highest BCUT2D eigenvalue weighted by atomic mass is 32.1. The Bertz CT molecular complexity index is 542. The van der Waals surface area contributed by atoms with Crippen LogP contribution in [0.25, 0.3) is 0 Å². The van der Waals surface area contributed by atoms with Crippen LogP contribution in [0.4, 0.5) is 8.78 Å². The zero-order valence-corrected chi connectivity index (χ0v) is 11.3. The molecule has 19 heavy (non-hydrogen) atoms. The third-order valence-electron chi connectivity index (χ3n) is 2.81. The van der Waals surface area contributed by atoms with E-state index in [0.29, 0.717) is 5.56 Å². The summed E-state index contributed by atoms with van der Waals surface area (Å²) in [5, 5.41) is 0. The van der Waals surface area contributed by atoms with Crippen LogP contribution in [0.5, 0.6) is 5.75 Å². The standard InChI is InChI=1S/C14H15F2NOS/c1-2-9-7-8-12(19-9)13(17)10-5-3-4-6-11(10)18-14(15)16/h3-8,13-14H,2,17H2,1H3. The summed E-state index contributed by atoms with van der Waals surface area (Å²) in [6.07, 6.45) is 0.937. The highest BCUT2D eigenvalue weighted by molar-refractivity contribution is 7.12. The second-order valence-corrected chi connectivity index (χ2v) is 5.25. The van der Waals surface area contributed by atoms with E-state index in [0.717, 1.165) is 11.3 Å². The van der Waals surface area contributed by atoms with E-state index in [2.05, 4.69) is 11.7 Å². The molecule has 0 amide bonds. The topological polar surface area (TPSA) is 35.2 Å². The van der Waals surface area contributed by atoms with Gasteiger partial charge >= 0.3 is 6.61 Å². The Kier molecular flexibility index (Phi) is 4.50. The second-order valence-electron chi connectivity index (χ2n) is 4.05. The van der Waals surface area contributed by atoms with Gasteiger partial charge in [-0.05, 0) is 24.6 Å². The summed E-state index contributed by atoms with van der Waals surface area (Å²) in [5.74, 6) is 0.136. The first-order valence-corrected chi connectivity index (χ1v) is 6.81. The molecule has 0 radical (unpaired) electrons. The zero-order valence-electron chi connectivity index (χ0n) is 10.5. The van der Waals surface area contributed by atoms with Gasteiger partial charge in [0.2, 0.25) is 0 Å². The molecule has 2 N–H and O–H groups in total. The molecule has 1 atom stereocenters. The largest absolute Gasteiger partial charge is 0.434 e. The van der Waals surface area contributed by atoms with Crippen LogP contribution in [0.15, 0.2) is 36.4 Å². The monoisotopic (exact) mass is 283 g/mol. The maximum absolute atomic E-state index is 12.4. The molecule has 0 spiro atoms. The van der Waals surface area contributed by atoms with Crippen LogP contribution in [0, 0.1) is 0 Å². The molecular weight excluding hydrogens is 268 g/mol.